The van der Waals surface area contributed by atoms with Crippen molar-refractivity contribution in [2.24, 2.45) is 0 Å². The summed E-state index contributed by atoms with van der Waals surface area (Å²) in [5.74, 6) is -0.368. The first-order chi connectivity index (χ1) is 15.9. The highest BCUT2D eigenvalue weighted by Gasteiger charge is 2.40. The van der Waals surface area contributed by atoms with Crippen LogP contribution in [0.4, 0.5) is 4.79 Å². The van der Waals surface area contributed by atoms with Crippen molar-refractivity contribution in [2.75, 3.05) is 7.11 Å². The molecule has 0 aromatic heterocycles. The van der Waals surface area contributed by atoms with E-state index in [-0.39, 0.29) is 11.6 Å². The normalized spacial score (nSPS) is 18.1. The molecular weight excluding hydrogens is 512 g/mol. The fourth-order valence-corrected chi connectivity index (χ4v) is 4.56. The highest BCUT2D eigenvalue weighted by molar-refractivity contribution is 9.10. The van der Waals surface area contributed by atoms with Gasteiger partial charge in [-0.15, -0.1) is 0 Å². The first-order valence-corrected chi connectivity index (χ1v) is 11.7. The van der Waals surface area contributed by atoms with Crippen molar-refractivity contribution in [2.45, 2.75) is 38.3 Å². The minimum atomic E-state index is -0.715. The van der Waals surface area contributed by atoms with Crippen LogP contribution < -0.4 is 14.8 Å². The fourth-order valence-electron chi connectivity index (χ4n) is 4.00. The number of hydrogen-bond acceptors (Lipinski definition) is 5. The molecule has 1 saturated heterocycles. The lowest BCUT2D eigenvalue weighted by Gasteiger charge is -2.31. The first-order valence-electron chi connectivity index (χ1n) is 10.5. The van der Waals surface area contributed by atoms with Crippen LogP contribution in [0.2, 0.25) is 5.02 Å². The number of methoxy groups -OCH3 is 1. The van der Waals surface area contributed by atoms with E-state index in [1.165, 1.54) is 18.1 Å². The number of halogens is 2. The molecule has 1 saturated carbocycles. The highest BCUT2D eigenvalue weighted by Crippen LogP contribution is 2.36. The largest absolute Gasteiger partial charge is 0.493 e. The van der Waals surface area contributed by atoms with Crippen LogP contribution in [0.3, 0.4) is 0 Å². The zero-order valence-electron chi connectivity index (χ0n) is 17.9. The average Bonchev–Trinajstić information content (AvgIpc) is 3.31. The minimum Gasteiger partial charge on any atom is -0.493 e. The van der Waals surface area contributed by atoms with Gasteiger partial charge in [-0.05, 0) is 54.3 Å². The number of nitrogens with one attached hydrogen (secondary N) is 1. The summed E-state index contributed by atoms with van der Waals surface area (Å²) in [7, 11) is 1.51. The molecule has 0 atom stereocenters. The molecule has 0 unspecified atom stereocenters. The van der Waals surface area contributed by atoms with Gasteiger partial charge in [-0.2, -0.15) is 0 Å². The van der Waals surface area contributed by atoms with Crippen molar-refractivity contribution in [1.29, 1.82) is 0 Å². The number of benzene rings is 2. The van der Waals surface area contributed by atoms with Crippen molar-refractivity contribution in [3.63, 3.8) is 0 Å². The summed E-state index contributed by atoms with van der Waals surface area (Å²) >= 11 is 9.41. The highest BCUT2D eigenvalue weighted by atomic mass is 79.9. The van der Waals surface area contributed by atoms with Gasteiger partial charge in [0.15, 0.2) is 11.5 Å². The van der Waals surface area contributed by atoms with Gasteiger partial charge in [0.2, 0.25) is 0 Å². The van der Waals surface area contributed by atoms with Crippen molar-refractivity contribution >= 4 is 51.5 Å². The number of ether oxygens (including phenoxy) is 2. The Morgan fingerprint density at radius 2 is 1.82 bits per heavy atom. The second kappa shape index (κ2) is 9.97. The van der Waals surface area contributed by atoms with Crippen LogP contribution in [0.5, 0.6) is 11.5 Å². The fraction of sp³-hybridized carbons (Fsp3) is 0.292. The van der Waals surface area contributed by atoms with E-state index in [9.17, 15) is 14.4 Å². The van der Waals surface area contributed by atoms with Crippen molar-refractivity contribution in [3.8, 4) is 11.5 Å². The van der Waals surface area contributed by atoms with Gasteiger partial charge in [0.1, 0.15) is 12.2 Å². The van der Waals surface area contributed by atoms with E-state index in [0.29, 0.717) is 33.2 Å². The van der Waals surface area contributed by atoms with E-state index in [0.717, 1.165) is 31.2 Å². The van der Waals surface area contributed by atoms with Crippen molar-refractivity contribution < 1.29 is 23.9 Å². The molecule has 9 heteroatoms. The summed E-state index contributed by atoms with van der Waals surface area (Å²) in [6.45, 7) is 0.305. The number of carbonyl (C=O) groups excluding carboxylic acids is 3. The van der Waals surface area contributed by atoms with Crippen molar-refractivity contribution in [3.05, 3.63) is 62.6 Å². The molecule has 2 aromatic carbocycles. The van der Waals surface area contributed by atoms with E-state index >= 15 is 0 Å². The van der Waals surface area contributed by atoms with Gasteiger partial charge in [0.25, 0.3) is 11.8 Å². The Labute approximate surface area is 204 Å². The molecule has 1 N–H and O–H groups in total. The summed E-state index contributed by atoms with van der Waals surface area (Å²) in [6, 6.07) is 9.86. The number of carbonyl (C=O) groups is 3. The standard InChI is InChI=1S/C24H22BrClN2O5/c1-32-20-11-15(19(25)12-21(20)33-13-14-6-8-16(26)9-7-14)10-18-22(29)27-24(31)28(23(18)30)17-4-2-3-5-17/h6-12,17H,2-5,13H2,1H3,(H,27,29,31)/b18-10+. The quantitative estimate of drug-likeness (QED) is 0.413. The van der Waals surface area contributed by atoms with Crippen LogP contribution in [0.15, 0.2) is 46.4 Å². The molecule has 0 radical (unpaired) electrons. The van der Waals surface area contributed by atoms with E-state index in [1.807, 2.05) is 12.1 Å². The molecule has 1 aliphatic carbocycles. The third-order valence-electron chi connectivity index (χ3n) is 5.71. The number of hydrogen-bond donors (Lipinski definition) is 1. The average molecular weight is 534 g/mol. The molecule has 172 valence electrons. The molecule has 33 heavy (non-hydrogen) atoms. The van der Waals surface area contributed by atoms with Crippen LogP contribution in [0.1, 0.15) is 36.8 Å². The van der Waals surface area contributed by atoms with Crippen LogP contribution in [0, 0.1) is 0 Å². The molecule has 2 aliphatic rings. The maximum absolute atomic E-state index is 13.0. The van der Waals surface area contributed by atoms with E-state index in [2.05, 4.69) is 21.2 Å². The maximum atomic E-state index is 13.0. The summed E-state index contributed by atoms with van der Waals surface area (Å²) in [4.78, 5) is 39.0. The van der Waals surface area contributed by atoms with Crippen LogP contribution in [0.25, 0.3) is 6.08 Å². The molecule has 2 aromatic rings. The molecule has 0 bridgehead atoms. The first kappa shape index (κ1) is 23.3. The zero-order valence-corrected chi connectivity index (χ0v) is 20.2. The second-order valence-electron chi connectivity index (χ2n) is 7.87. The van der Waals surface area contributed by atoms with Gasteiger partial charge in [0.05, 0.1) is 7.11 Å². The molecule has 0 spiro atoms. The summed E-state index contributed by atoms with van der Waals surface area (Å²) in [6.07, 6.45) is 4.86. The van der Waals surface area contributed by atoms with E-state index in [1.54, 1.807) is 24.3 Å². The predicted octanol–water partition coefficient (Wildman–Crippen LogP) is 5.09. The molecule has 2 fully saturated rings. The van der Waals surface area contributed by atoms with E-state index < -0.39 is 17.8 Å². The molecule has 4 amide bonds. The smallest absolute Gasteiger partial charge is 0.331 e. The van der Waals surface area contributed by atoms with Gasteiger partial charge in [-0.3, -0.25) is 19.8 Å². The summed E-state index contributed by atoms with van der Waals surface area (Å²) in [5.41, 5.74) is 1.38. The monoisotopic (exact) mass is 532 g/mol. The van der Waals surface area contributed by atoms with Gasteiger partial charge in [-0.1, -0.05) is 52.5 Å². The Hall–Kier alpha value is -2.84. The lowest BCUT2D eigenvalue weighted by atomic mass is 10.0. The SMILES string of the molecule is COc1cc(/C=C2\C(=O)NC(=O)N(C3CCCC3)C2=O)c(Br)cc1OCc1ccc(Cl)cc1. The lowest BCUT2D eigenvalue weighted by Crippen LogP contribution is -2.57. The Kier molecular flexibility index (Phi) is 7.05. The topological polar surface area (TPSA) is 84.9 Å². The van der Waals surface area contributed by atoms with Crippen LogP contribution >= 0.6 is 27.5 Å². The van der Waals surface area contributed by atoms with Gasteiger partial charge in [0, 0.05) is 15.5 Å². The number of nitrogens with zero attached hydrogens (tertiary/aromatic N) is 1. The number of amides is 4. The Balaban J connectivity index is 1.60. The van der Waals surface area contributed by atoms with Gasteiger partial charge in [-0.25, -0.2) is 4.79 Å². The van der Waals surface area contributed by atoms with Crippen LogP contribution in [-0.2, 0) is 16.2 Å². The maximum Gasteiger partial charge on any atom is 0.331 e. The van der Waals surface area contributed by atoms with Crippen molar-refractivity contribution in [1.82, 2.24) is 10.2 Å². The molecular formula is C24H22BrClN2O5. The third kappa shape index (κ3) is 5.07. The van der Waals surface area contributed by atoms with Gasteiger partial charge >= 0.3 is 6.03 Å². The summed E-state index contributed by atoms with van der Waals surface area (Å²) < 4.78 is 12.0. The number of barbiturate groups is 1. The minimum absolute atomic E-state index is 0.0981. The second-order valence-corrected chi connectivity index (χ2v) is 9.16. The Bertz CT molecular complexity index is 1130. The molecule has 4 rings (SSSR count). The molecule has 1 heterocycles. The molecule has 7 nitrogen and oxygen atoms in total. The molecule has 1 aliphatic heterocycles. The third-order valence-corrected chi connectivity index (χ3v) is 6.65. The number of imide groups is 2. The lowest BCUT2D eigenvalue weighted by molar-refractivity contribution is -0.131. The Morgan fingerprint density at radius 3 is 2.48 bits per heavy atom. The Morgan fingerprint density at radius 1 is 1.12 bits per heavy atom. The van der Waals surface area contributed by atoms with Crippen LogP contribution in [-0.4, -0.2) is 35.9 Å². The van der Waals surface area contributed by atoms with Gasteiger partial charge < -0.3 is 9.47 Å². The predicted molar refractivity (Wildman–Crippen MR) is 127 cm³/mol. The summed E-state index contributed by atoms with van der Waals surface area (Å²) in [5, 5.41) is 2.93. The van der Waals surface area contributed by atoms with E-state index in [4.69, 9.17) is 21.1 Å². The number of rotatable bonds is 6. The zero-order chi connectivity index (χ0) is 23.5. The number of urea groups is 1.